The number of imide groups is 1. The van der Waals surface area contributed by atoms with Crippen LogP contribution in [0.3, 0.4) is 0 Å². The molecule has 8 heteroatoms. The van der Waals surface area contributed by atoms with E-state index in [-0.39, 0.29) is 17.7 Å². The Labute approximate surface area is 187 Å². The number of thiophene rings is 1. The number of furan rings is 1. The van der Waals surface area contributed by atoms with Gasteiger partial charge in [-0.1, -0.05) is 18.2 Å². The zero-order valence-electron chi connectivity index (χ0n) is 17.7. The fourth-order valence-electron chi connectivity index (χ4n) is 3.94. The third-order valence-electron chi connectivity index (χ3n) is 5.67. The minimum absolute atomic E-state index is 0.0287. The molecular formula is C24H18N4O3S. The van der Waals surface area contributed by atoms with Crippen LogP contribution >= 0.6 is 11.3 Å². The van der Waals surface area contributed by atoms with E-state index in [1.165, 1.54) is 10.1 Å². The minimum atomic E-state index is -0.561. The van der Waals surface area contributed by atoms with Crippen LogP contribution in [0.5, 0.6) is 0 Å². The van der Waals surface area contributed by atoms with Gasteiger partial charge in [0.2, 0.25) is 5.71 Å². The minimum Gasteiger partial charge on any atom is -0.437 e. The summed E-state index contributed by atoms with van der Waals surface area (Å²) in [6.45, 7) is 3.49. The number of benzene rings is 1. The second-order valence-electron chi connectivity index (χ2n) is 7.51. The molecular weight excluding hydrogens is 424 g/mol. The largest absolute Gasteiger partial charge is 0.437 e. The average molecular weight is 443 g/mol. The van der Waals surface area contributed by atoms with Gasteiger partial charge >= 0.3 is 0 Å². The summed E-state index contributed by atoms with van der Waals surface area (Å²) in [4.78, 5) is 31.9. The van der Waals surface area contributed by atoms with Crippen LogP contribution < -0.4 is 0 Å². The molecule has 4 heterocycles. The molecule has 0 radical (unpaired) electrons. The number of aryl methyl sites for hydroxylation is 1. The van der Waals surface area contributed by atoms with Crippen LogP contribution in [0.4, 0.5) is 0 Å². The van der Waals surface area contributed by atoms with Crippen LogP contribution in [0.1, 0.15) is 19.6 Å². The number of carbonyl (C=O) groups is 2. The van der Waals surface area contributed by atoms with Crippen molar-refractivity contribution in [2.45, 2.75) is 13.8 Å². The Bertz CT molecular complexity index is 1510. The van der Waals surface area contributed by atoms with E-state index in [1.54, 1.807) is 31.3 Å². The van der Waals surface area contributed by atoms with Gasteiger partial charge in [-0.2, -0.15) is 10.2 Å². The summed E-state index contributed by atoms with van der Waals surface area (Å²) < 4.78 is 9.07. The fourth-order valence-corrected chi connectivity index (χ4v) is 5.03. The molecule has 1 aliphatic rings. The monoisotopic (exact) mass is 442 g/mol. The molecule has 0 spiro atoms. The van der Waals surface area contributed by atoms with Crippen LogP contribution in [0, 0.1) is 11.3 Å². The number of fused-ring (bicyclic) bond motifs is 2. The Hall–Kier alpha value is -3.96. The highest BCUT2D eigenvalue weighted by atomic mass is 32.1. The van der Waals surface area contributed by atoms with Gasteiger partial charge in [0, 0.05) is 29.9 Å². The van der Waals surface area contributed by atoms with Crippen molar-refractivity contribution in [2.24, 2.45) is 7.05 Å². The first-order chi connectivity index (χ1) is 15.4. The van der Waals surface area contributed by atoms with E-state index in [4.69, 9.17) is 4.42 Å². The van der Waals surface area contributed by atoms with Crippen molar-refractivity contribution in [2.75, 3.05) is 6.54 Å². The van der Waals surface area contributed by atoms with E-state index < -0.39 is 11.8 Å². The van der Waals surface area contributed by atoms with Gasteiger partial charge < -0.3 is 8.98 Å². The van der Waals surface area contributed by atoms with Crippen LogP contribution in [0.25, 0.3) is 38.1 Å². The van der Waals surface area contributed by atoms with Gasteiger partial charge in [-0.3, -0.25) is 14.5 Å². The van der Waals surface area contributed by atoms with Gasteiger partial charge in [-0.25, -0.2) is 0 Å². The molecule has 0 saturated heterocycles. The molecule has 0 atom stereocenters. The number of rotatable bonds is 3. The number of nitriles is 1. The highest BCUT2D eigenvalue weighted by Crippen LogP contribution is 2.35. The molecule has 1 aromatic carbocycles. The van der Waals surface area contributed by atoms with Gasteiger partial charge in [0.25, 0.3) is 11.8 Å². The molecule has 0 N–H and O–H groups in total. The summed E-state index contributed by atoms with van der Waals surface area (Å²) in [5.74, 6) is 0.243. The lowest BCUT2D eigenvalue weighted by atomic mass is 9.95. The maximum absolute atomic E-state index is 12.8. The first-order valence-electron chi connectivity index (χ1n) is 10.1. The summed E-state index contributed by atoms with van der Waals surface area (Å²) >= 11 is 1.67. The van der Waals surface area contributed by atoms with E-state index in [1.807, 2.05) is 35.9 Å². The lowest BCUT2D eigenvalue weighted by Gasteiger charge is -2.25. The number of nitrogens with zero attached hydrogens (tertiary/aromatic N) is 4. The molecule has 0 bridgehead atoms. The van der Waals surface area contributed by atoms with E-state index in [2.05, 4.69) is 23.2 Å². The predicted molar refractivity (Wildman–Crippen MR) is 122 cm³/mol. The molecule has 32 heavy (non-hydrogen) atoms. The number of imidazole rings is 1. The zero-order valence-corrected chi connectivity index (χ0v) is 18.5. The third-order valence-corrected chi connectivity index (χ3v) is 6.79. The van der Waals surface area contributed by atoms with E-state index in [0.717, 1.165) is 21.1 Å². The number of likely N-dealkylation sites (N-methyl/N-ethyl adjacent to an activating group) is 1. The molecule has 5 rings (SSSR count). The normalized spacial score (nSPS) is 16.1. The van der Waals surface area contributed by atoms with Gasteiger partial charge in [-0.15, -0.1) is 11.3 Å². The van der Waals surface area contributed by atoms with Crippen molar-refractivity contribution in [3.63, 3.8) is 0 Å². The highest BCUT2D eigenvalue weighted by Gasteiger charge is 2.34. The number of hydrogen-bond donors (Lipinski definition) is 0. The van der Waals surface area contributed by atoms with Gasteiger partial charge in [0.05, 0.1) is 4.88 Å². The van der Waals surface area contributed by atoms with Crippen molar-refractivity contribution >= 4 is 50.5 Å². The summed E-state index contributed by atoms with van der Waals surface area (Å²) in [7, 11) is 1.92. The third kappa shape index (κ3) is 2.90. The average Bonchev–Trinajstić information content (AvgIpc) is 3.45. The summed E-state index contributed by atoms with van der Waals surface area (Å²) in [5, 5.41) is 10.6. The number of aromatic nitrogens is 2. The number of hydrogen-bond acceptors (Lipinski definition) is 6. The lowest BCUT2D eigenvalue weighted by Crippen LogP contribution is -2.42. The summed E-state index contributed by atoms with van der Waals surface area (Å²) in [6.07, 6.45) is 1.57. The van der Waals surface area contributed by atoms with E-state index >= 15 is 0 Å². The molecule has 2 amide bonds. The van der Waals surface area contributed by atoms with Crippen molar-refractivity contribution in [3.8, 4) is 16.8 Å². The molecule has 4 aromatic rings. The van der Waals surface area contributed by atoms with Crippen LogP contribution in [0.2, 0.25) is 0 Å². The zero-order chi connectivity index (χ0) is 22.6. The van der Waals surface area contributed by atoms with Crippen molar-refractivity contribution < 1.29 is 14.0 Å². The second-order valence-corrected chi connectivity index (χ2v) is 8.59. The Kier molecular flexibility index (Phi) is 4.57. The van der Waals surface area contributed by atoms with E-state index in [0.29, 0.717) is 17.0 Å². The maximum Gasteiger partial charge on any atom is 0.271 e. The maximum atomic E-state index is 12.8. The predicted octanol–water partition coefficient (Wildman–Crippen LogP) is 4.66. The molecule has 3 aromatic heterocycles. The number of carbonyl (C=O) groups excluding carboxylic acids is 2. The van der Waals surface area contributed by atoms with E-state index in [9.17, 15) is 14.9 Å². The van der Waals surface area contributed by atoms with Crippen molar-refractivity contribution in [3.05, 3.63) is 58.9 Å². The Balaban J connectivity index is 1.58. The van der Waals surface area contributed by atoms with Crippen LogP contribution in [-0.4, -0.2) is 32.8 Å². The molecule has 7 nitrogen and oxygen atoms in total. The van der Waals surface area contributed by atoms with Gasteiger partial charge in [-0.05, 0) is 43.0 Å². The molecule has 0 saturated carbocycles. The topological polar surface area (TPSA) is 92.1 Å². The van der Waals surface area contributed by atoms with Gasteiger partial charge in [0.15, 0.2) is 5.82 Å². The Morgan fingerprint density at radius 3 is 2.69 bits per heavy atom. The molecule has 0 fully saturated rings. The Morgan fingerprint density at radius 1 is 1.22 bits per heavy atom. The van der Waals surface area contributed by atoms with Crippen LogP contribution in [0.15, 0.2) is 57.5 Å². The number of amides is 2. The molecule has 158 valence electrons. The Morgan fingerprint density at radius 2 is 2.00 bits per heavy atom. The first-order valence-corrected chi connectivity index (χ1v) is 10.9. The molecule has 0 unspecified atom stereocenters. The van der Waals surface area contributed by atoms with Gasteiger partial charge in [0.1, 0.15) is 22.9 Å². The fraction of sp³-hybridized carbons (Fsp3) is 0.167. The van der Waals surface area contributed by atoms with Crippen molar-refractivity contribution in [1.29, 1.82) is 5.26 Å². The second kappa shape index (κ2) is 7.32. The molecule has 1 aliphatic heterocycles. The quantitative estimate of drug-likeness (QED) is 0.340. The standard InChI is InChI=1S/C24H18N4O3S/c1-4-28-23(29)16(13(2)17(12-25)24(28)30)10-15-11-18-22(31-15)26-21(27(18)3)20-9-14-7-5-6-8-19(14)32-20/h5-11H,4H2,1-3H3/b16-10-. The molecule has 0 aliphatic carbocycles. The van der Waals surface area contributed by atoms with Crippen LogP contribution in [-0.2, 0) is 16.6 Å². The summed E-state index contributed by atoms with van der Waals surface area (Å²) in [5.41, 5.74) is 1.84. The smallest absolute Gasteiger partial charge is 0.271 e. The first kappa shape index (κ1) is 20.0. The SMILES string of the molecule is CCN1C(=O)C(C#N)=C(C)/C(=C/c2cc3c(nc(-c4cc5ccccc5s4)n3C)o2)C1=O. The summed E-state index contributed by atoms with van der Waals surface area (Å²) in [6, 6.07) is 14.0. The lowest BCUT2D eigenvalue weighted by molar-refractivity contribution is -0.140. The van der Waals surface area contributed by atoms with Crippen molar-refractivity contribution in [1.82, 2.24) is 14.5 Å². The highest BCUT2D eigenvalue weighted by molar-refractivity contribution is 7.22.